The number of hydrogen-bond donors (Lipinski definition) is 2. The predicted molar refractivity (Wildman–Crippen MR) is 102 cm³/mol. The van der Waals surface area contributed by atoms with Crippen LogP contribution in [0.5, 0.6) is 0 Å². The molecule has 2 aromatic carbocycles. The molecular weight excluding hydrogens is 352 g/mol. The van der Waals surface area contributed by atoms with Crippen LogP contribution in [-0.4, -0.2) is 18.2 Å². The summed E-state index contributed by atoms with van der Waals surface area (Å²) in [6.45, 7) is 3.96. The predicted octanol–water partition coefficient (Wildman–Crippen LogP) is 1.76. The highest BCUT2D eigenvalue weighted by molar-refractivity contribution is 7.90. The molecule has 0 amide bonds. The Morgan fingerprint density at radius 2 is 1.77 bits per heavy atom. The quantitative estimate of drug-likeness (QED) is 0.727. The third kappa shape index (κ3) is 3.76. The van der Waals surface area contributed by atoms with Crippen LogP contribution < -0.4 is 15.4 Å². The monoisotopic (exact) mass is 372 g/mol. The van der Waals surface area contributed by atoms with Gasteiger partial charge < -0.3 is 0 Å². The van der Waals surface area contributed by atoms with Crippen LogP contribution in [-0.2, 0) is 23.7 Å². The Morgan fingerprint density at radius 3 is 2.42 bits per heavy atom. The average molecular weight is 372 g/mol. The fourth-order valence-electron chi connectivity index (χ4n) is 2.92. The fourth-order valence-corrected chi connectivity index (χ4v) is 3.38. The van der Waals surface area contributed by atoms with Crippen molar-refractivity contribution < 1.29 is 8.42 Å². The SMILES string of the molecule is Cc1cc2c(Cc3cccc(NS(N)(=O)=O)c3)nn(C)c(=O)c2cc1C. The molecule has 3 aromatic rings. The van der Waals surface area contributed by atoms with Crippen LogP contribution in [0, 0.1) is 13.8 Å². The maximum atomic E-state index is 12.4. The Morgan fingerprint density at radius 1 is 1.12 bits per heavy atom. The Bertz CT molecular complexity index is 1170. The zero-order valence-corrected chi connectivity index (χ0v) is 15.6. The molecular formula is C18H20N4O3S. The summed E-state index contributed by atoms with van der Waals surface area (Å²) >= 11 is 0. The van der Waals surface area contributed by atoms with E-state index in [1.807, 2.05) is 32.0 Å². The van der Waals surface area contributed by atoms with Crippen LogP contribution in [0.25, 0.3) is 10.8 Å². The molecule has 26 heavy (non-hydrogen) atoms. The molecule has 136 valence electrons. The molecule has 3 rings (SSSR count). The van der Waals surface area contributed by atoms with Crippen molar-refractivity contribution in [2.75, 3.05) is 4.72 Å². The van der Waals surface area contributed by atoms with Gasteiger partial charge in [-0.15, -0.1) is 0 Å². The van der Waals surface area contributed by atoms with Crippen molar-refractivity contribution in [2.24, 2.45) is 12.2 Å². The van der Waals surface area contributed by atoms with Crippen molar-refractivity contribution in [1.29, 1.82) is 0 Å². The van der Waals surface area contributed by atoms with E-state index in [1.165, 1.54) is 4.68 Å². The third-order valence-electron chi connectivity index (χ3n) is 4.30. The highest BCUT2D eigenvalue weighted by Gasteiger charge is 2.12. The number of rotatable bonds is 4. The molecule has 1 heterocycles. The van der Waals surface area contributed by atoms with Crippen LogP contribution in [0.4, 0.5) is 5.69 Å². The van der Waals surface area contributed by atoms with E-state index < -0.39 is 10.2 Å². The Balaban J connectivity index is 2.10. The lowest BCUT2D eigenvalue weighted by atomic mass is 10.00. The number of aryl methyl sites for hydroxylation is 3. The molecule has 0 aliphatic heterocycles. The smallest absolute Gasteiger partial charge is 0.271 e. The maximum absolute atomic E-state index is 12.4. The molecule has 8 heteroatoms. The Labute approximate surface area is 151 Å². The van der Waals surface area contributed by atoms with E-state index >= 15 is 0 Å². The molecule has 0 bridgehead atoms. The molecule has 0 spiro atoms. The fraction of sp³-hybridized carbons (Fsp3) is 0.222. The highest BCUT2D eigenvalue weighted by Crippen LogP contribution is 2.22. The van der Waals surface area contributed by atoms with Crippen molar-refractivity contribution in [3.8, 4) is 0 Å². The van der Waals surface area contributed by atoms with E-state index in [2.05, 4.69) is 9.82 Å². The summed E-state index contributed by atoms with van der Waals surface area (Å²) in [6, 6.07) is 10.8. The topological polar surface area (TPSA) is 107 Å². The summed E-state index contributed by atoms with van der Waals surface area (Å²) in [7, 11) is -2.21. The minimum Gasteiger partial charge on any atom is -0.271 e. The van der Waals surface area contributed by atoms with E-state index in [-0.39, 0.29) is 5.56 Å². The van der Waals surface area contributed by atoms with Gasteiger partial charge in [0.05, 0.1) is 16.8 Å². The van der Waals surface area contributed by atoms with E-state index in [1.54, 1.807) is 25.2 Å². The van der Waals surface area contributed by atoms with Crippen molar-refractivity contribution >= 4 is 26.7 Å². The summed E-state index contributed by atoms with van der Waals surface area (Å²) in [5.41, 5.74) is 3.97. The summed E-state index contributed by atoms with van der Waals surface area (Å²) in [4.78, 5) is 12.4. The maximum Gasteiger partial charge on any atom is 0.296 e. The van der Waals surface area contributed by atoms with E-state index in [0.717, 1.165) is 27.8 Å². The normalized spacial score (nSPS) is 11.7. The second kappa shape index (κ2) is 6.54. The van der Waals surface area contributed by atoms with Crippen LogP contribution in [0.1, 0.15) is 22.4 Å². The first-order valence-electron chi connectivity index (χ1n) is 8.00. The van der Waals surface area contributed by atoms with Gasteiger partial charge in [-0.3, -0.25) is 9.52 Å². The minimum atomic E-state index is -3.84. The van der Waals surface area contributed by atoms with Gasteiger partial charge in [0.1, 0.15) is 0 Å². The molecule has 0 radical (unpaired) electrons. The molecule has 0 aliphatic rings. The lowest BCUT2D eigenvalue weighted by molar-refractivity contribution is 0.603. The van der Waals surface area contributed by atoms with Gasteiger partial charge in [-0.1, -0.05) is 12.1 Å². The van der Waals surface area contributed by atoms with Crippen molar-refractivity contribution in [3.05, 3.63) is 69.1 Å². The molecule has 0 fully saturated rings. The summed E-state index contributed by atoms with van der Waals surface area (Å²) in [5, 5.41) is 10.9. The molecule has 0 saturated heterocycles. The average Bonchev–Trinajstić information content (AvgIpc) is 2.53. The Kier molecular flexibility index (Phi) is 4.55. The number of nitrogens with zero attached hydrogens (tertiary/aromatic N) is 2. The lowest BCUT2D eigenvalue weighted by Crippen LogP contribution is -2.22. The van der Waals surface area contributed by atoms with Gasteiger partial charge in [0, 0.05) is 18.9 Å². The minimum absolute atomic E-state index is 0.142. The number of benzene rings is 2. The van der Waals surface area contributed by atoms with Crippen LogP contribution in [0.3, 0.4) is 0 Å². The number of anilines is 1. The summed E-state index contributed by atoms with van der Waals surface area (Å²) < 4.78 is 26.0. The first-order chi connectivity index (χ1) is 12.1. The Hall–Kier alpha value is -2.71. The number of nitrogens with two attached hydrogens (primary N) is 1. The van der Waals surface area contributed by atoms with E-state index in [4.69, 9.17) is 5.14 Å². The van der Waals surface area contributed by atoms with Gasteiger partial charge in [-0.05, 0) is 54.8 Å². The third-order valence-corrected chi connectivity index (χ3v) is 4.82. The van der Waals surface area contributed by atoms with Gasteiger partial charge in [-0.25, -0.2) is 9.82 Å². The first-order valence-corrected chi connectivity index (χ1v) is 9.55. The van der Waals surface area contributed by atoms with Crippen LogP contribution in [0.15, 0.2) is 41.2 Å². The zero-order valence-electron chi connectivity index (χ0n) is 14.8. The number of hydrogen-bond acceptors (Lipinski definition) is 4. The lowest BCUT2D eigenvalue weighted by Gasteiger charge is -2.11. The van der Waals surface area contributed by atoms with Crippen molar-refractivity contribution in [3.63, 3.8) is 0 Å². The van der Waals surface area contributed by atoms with Crippen molar-refractivity contribution in [2.45, 2.75) is 20.3 Å². The van der Waals surface area contributed by atoms with E-state index in [0.29, 0.717) is 17.5 Å². The zero-order chi connectivity index (χ0) is 19.1. The second-order valence-electron chi connectivity index (χ2n) is 6.38. The largest absolute Gasteiger partial charge is 0.296 e. The number of fused-ring (bicyclic) bond motifs is 1. The second-order valence-corrected chi connectivity index (χ2v) is 7.68. The molecule has 3 N–H and O–H groups in total. The van der Waals surface area contributed by atoms with Gasteiger partial charge in [0.25, 0.3) is 15.8 Å². The molecule has 0 atom stereocenters. The van der Waals surface area contributed by atoms with Crippen molar-refractivity contribution in [1.82, 2.24) is 9.78 Å². The van der Waals surface area contributed by atoms with Crippen LogP contribution in [0.2, 0.25) is 0 Å². The first kappa shape index (κ1) is 18.1. The summed E-state index contributed by atoms with van der Waals surface area (Å²) in [6.07, 6.45) is 0.452. The van der Waals surface area contributed by atoms with Gasteiger partial charge in [0.2, 0.25) is 0 Å². The van der Waals surface area contributed by atoms with Gasteiger partial charge >= 0.3 is 0 Å². The molecule has 0 aliphatic carbocycles. The molecule has 7 nitrogen and oxygen atoms in total. The van der Waals surface area contributed by atoms with Gasteiger partial charge in [-0.2, -0.15) is 13.5 Å². The highest BCUT2D eigenvalue weighted by atomic mass is 32.2. The van der Waals surface area contributed by atoms with Crippen LogP contribution >= 0.6 is 0 Å². The number of aromatic nitrogens is 2. The van der Waals surface area contributed by atoms with Gasteiger partial charge in [0.15, 0.2) is 0 Å². The molecule has 1 aromatic heterocycles. The standard InChI is InChI=1S/C18H20N4O3S/c1-11-7-15-16(8-12(11)2)18(23)22(3)20-17(15)10-13-5-4-6-14(9-13)21-26(19,24)25/h4-9,21H,10H2,1-3H3,(H2,19,24,25). The molecule has 0 saturated carbocycles. The van der Waals surface area contributed by atoms with E-state index in [9.17, 15) is 13.2 Å². The summed E-state index contributed by atoms with van der Waals surface area (Å²) in [5.74, 6) is 0. The molecule has 0 unspecified atom stereocenters. The number of nitrogens with one attached hydrogen (secondary N) is 1.